The third-order valence-corrected chi connectivity index (χ3v) is 10.7. The molecule has 0 aromatic heterocycles. The van der Waals surface area contributed by atoms with Gasteiger partial charge in [0.15, 0.2) is 0 Å². The molecule has 0 heterocycles. The molecule has 9 nitrogen and oxygen atoms in total. The summed E-state index contributed by atoms with van der Waals surface area (Å²) in [5.41, 5.74) is 2.64. The van der Waals surface area contributed by atoms with Crippen molar-refractivity contribution in [1.29, 1.82) is 0 Å². The lowest BCUT2D eigenvalue weighted by molar-refractivity contribution is -0.140. The molecule has 10 heteroatoms. The van der Waals surface area contributed by atoms with Gasteiger partial charge in [0.2, 0.25) is 11.8 Å². The molecule has 4 aromatic rings. The van der Waals surface area contributed by atoms with Gasteiger partial charge in [0.25, 0.3) is 10.0 Å². The summed E-state index contributed by atoms with van der Waals surface area (Å²) in [4.78, 5) is 30.7. The minimum atomic E-state index is -4.26. The molecule has 1 saturated carbocycles. The van der Waals surface area contributed by atoms with Gasteiger partial charge >= 0.3 is 0 Å². The molecule has 5 rings (SSSR count). The van der Waals surface area contributed by atoms with Crippen LogP contribution in [-0.2, 0) is 32.6 Å². The highest BCUT2D eigenvalue weighted by Gasteiger charge is 2.36. The maximum atomic E-state index is 14.8. The van der Waals surface area contributed by atoms with Crippen molar-refractivity contribution in [3.8, 4) is 11.5 Å². The first-order chi connectivity index (χ1) is 23.7. The Kier molecular flexibility index (Phi) is 12.0. The van der Waals surface area contributed by atoms with Crippen LogP contribution in [0.15, 0.2) is 108 Å². The number of anilines is 1. The van der Waals surface area contributed by atoms with Crippen molar-refractivity contribution in [2.75, 3.05) is 25.1 Å². The highest BCUT2D eigenvalue weighted by Crippen LogP contribution is 2.34. The fourth-order valence-electron chi connectivity index (χ4n) is 6.29. The summed E-state index contributed by atoms with van der Waals surface area (Å²) in [6.45, 7) is 1.33. The molecule has 0 spiro atoms. The zero-order valence-electron chi connectivity index (χ0n) is 28.4. The molecule has 1 fully saturated rings. The van der Waals surface area contributed by atoms with Crippen LogP contribution < -0.4 is 19.1 Å². The van der Waals surface area contributed by atoms with E-state index in [0.717, 1.165) is 53.1 Å². The number of nitrogens with one attached hydrogen (secondary N) is 1. The molecule has 0 radical (unpaired) electrons. The number of hydrogen-bond acceptors (Lipinski definition) is 6. The molecule has 49 heavy (non-hydrogen) atoms. The second-order valence-electron chi connectivity index (χ2n) is 12.4. The largest absolute Gasteiger partial charge is 0.497 e. The normalized spacial score (nSPS) is 14.0. The van der Waals surface area contributed by atoms with E-state index >= 15 is 0 Å². The number of sulfonamides is 1. The minimum Gasteiger partial charge on any atom is -0.497 e. The highest BCUT2D eigenvalue weighted by atomic mass is 32.2. The molecule has 258 valence electrons. The predicted octanol–water partition coefficient (Wildman–Crippen LogP) is 6.30. The Morgan fingerprint density at radius 2 is 1.49 bits per heavy atom. The number of methoxy groups -OCH3 is 2. The van der Waals surface area contributed by atoms with Crippen molar-refractivity contribution in [2.45, 2.75) is 69.0 Å². The smallest absolute Gasteiger partial charge is 0.264 e. The van der Waals surface area contributed by atoms with Crippen molar-refractivity contribution in [1.82, 2.24) is 10.2 Å². The number of benzene rings is 4. The molecule has 0 aliphatic heterocycles. The molecule has 1 atom stereocenters. The first kappa shape index (κ1) is 35.5. The van der Waals surface area contributed by atoms with E-state index in [-0.39, 0.29) is 35.5 Å². The van der Waals surface area contributed by atoms with E-state index in [1.54, 1.807) is 37.4 Å². The summed E-state index contributed by atoms with van der Waals surface area (Å²) in [7, 11) is -1.23. The van der Waals surface area contributed by atoms with Crippen LogP contribution in [0, 0.1) is 6.92 Å². The van der Waals surface area contributed by atoms with Crippen LogP contribution in [0.5, 0.6) is 11.5 Å². The molecule has 1 N–H and O–H groups in total. The number of ether oxygens (including phenoxy) is 2. The summed E-state index contributed by atoms with van der Waals surface area (Å²) in [5.74, 6) is 0.102. The summed E-state index contributed by atoms with van der Waals surface area (Å²) in [6.07, 6.45) is 5.20. The number of amides is 2. The van der Waals surface area contributed by atoms with E-state index < -0.39 is 28.5 Å². The number of rotatable bonds is 14. The van der Waals surface area contributed by atoms with E-state index in [2.05, 4.69) is 5.32 Å². The van der Waals surface area contributed by atoms with Gasteiger partial charge in [-0.05, 0) is 72.9 Å². The maximum absolute atomic E-state index is 14.8. The van der Waals surface area contributed by atoms with Crippen LogP contribution in [0.3, 0.4) is 0 Å². The molecule has 1 unspecified atom stereocenters. The van der Waals surface area contributed by atoms with Crippen LogP contribution in [0.2, 0.25) is 0 Å². The average Bonchev–Trinajstić information content (AvgIpc) is 3.13. The second kappa shape index (κ2) is 16.5. The number of carbonyl (C=O) groups excluding carboxylic acids is 2. The van der Waals surface area contributed by atoms with Gasteiger partial charge in [-0.1, -0.05) is 86.0 Å². The van der Waals surface area contributed by atoms with Crippen LogP contribution in [0.25, 0.3) is 0 Å². The first-order valence-electron chi connectivity index (χ1n) is 16.7. The van der Waals surface area contributed by atoms with Crippen LogP contribution in [0.4, 0.5) is 5.69 Å². The number of carbonyl (C=O) groups is 2. The van der Waals surface area contributed by atoms with Gasteiger partial charge in [-0.3, -0.25) is 13.9 Å². The van der Waals surface area contributed by atoms with Gasteiger partial charge in [-0.25, -0.2) is 8.42 Å². The monoisotopic (exact) mass is 683 g/mol. The Morgan fingerprint density at radius 3 is 2.16 bits per heavy atom. The Hall–Kier alpha value is -4.83. The van der Waals surface area contributed by atoms with Crippen LogP contribution >= 0.6 is 0 Å². The fraction of sp³-hybridized carbons (Fsp3) is 0.333. The first-order valence-corrected chi connectivity index (χ1v) is 18.1. The fourth-order valence-corrected chi connectivity index (χ4v) is 7.73. The van der Waals surface area contributed by atoms with E-state index in [4.69, 9.17) is 9.47 Å². The Labute approximate surface area is 289 Å². The van der Waals surface area contributed by atoms with Gasteiger partial charge in [0, 0.05) is 19.0 Å². The molecular formula is C39H45N3O6S. The second-order valence-corrected chi connectivity index (χ2v) is 14.3. The standard InChI is InChI=1S/C39H45N3O6S/c1-29-22-23-37(48-3)35(24-29)42(49(45,46)34-20-11-6-12-21-34)28-38(43)41(27-31-16-13-19-33(25-31)47-2)36(26-30-14-7-4-8-15-30)39(44)40-32-17-9-5-10-18-32/h4,6-8,11-16,19-25,32,36H,5,9-10,17-18,26-28H2,1-3H3,(H,40,44). The number of aryl methyl sites for hydroxylation is 1. The Morgan fingerprint density at radius 1 is 0.816 bits per heavy atom. The molecule has 2 amide bonds. The quantitative estimate of drug-likeness (QED) is 0.167. The topological polar surface area (TPSA) is 105 Å². The van der Waals surface area contributed by atoms with Gasteiger partial charge in [0.05, 0.1) is 24.8 Å². The van der Waals surface area contributed by atoms with Gasteiger partial charge in [-0.2, -0.15) is 0 Å². The molecule has 1 aliphatic rings. The van der Waals surface area contributed by atoms with E-state index in [9.17, 15) is 18.0 Å². The van der Waals surface area contributed by atoms with Gasteiger partial charge in [0.1, 0.15) is 24.1 Å². The summed E-state index contributed by atoms with van der Waals surface area (Å²) in [5, 5.41) is 3.24. The minimum absolute atomic E-state index is 0.0137. The predicted molar refractivity (Wildman–Crippen MR) is 191 cm³/mol. The molecular weight excluding hydrogens is 639 g/mol. The van der Waals surface area contributed by atoms with Crippen LogP contribution in [0.1, 0.15) is 48.8 Å². The third kappa shape index (κ3) is 9.00. The van der Waals surface area contributed by atoms with Gasteiger partial charge in [-0.15, -0.1) is 0 Å². The van der Waals surface area contributed by atoms with Crippen molar-refractivity contribution in [3.05, 3.63) is 120 Å². The number of hydrogen-bond donors (Lipinski definition) is 1. The zero-order valence-corrected chi connectivity index (χ0v) is 29.2. The molecule has 0 bridgehead atoms. The zero-order chi connectivity index (χ0) is 34.8. The molecule has 4 aromatic carbocycles. The lowest BCUT2D eigenvalue weighted by Crippen LogP contribution is -2.55. The Bertz CT molecular complexity index is 1810. The van der Waals surface area contributed by atoms with E-state index in [1.807, 2.05) is 67.6 Å². The van der Waals surface area contributed by atoms with Gasteiger partial charge < -0.3 is 19.7 Å². The SMILES string of the molecule is COc1cccc(CN(C(=O)CN(c2cc(C)ccc2OC)S(=O)(=O)c2ccccc2)C(Cc2ccccc2)C(=O)NC2CCCCC2)c1. The van der Waals surface area contributed by atoms with Crippen molar-refractivity contribution < 1.29 is 27.5 Å². The maximum Gasteiger partial charge on any atom is 0.264 e. The van der Waals surface area contributed by atoms with Crippen molar-refractivity contribution in [3.63, 3.8) is 0 Å². The highest BCUT2D eigenvalue weighted by molar-refractivity contribution is 7.92. The summed E-state index contributed by atoms with van der Waals surface area (Å²) in [6, 6.07) is 29.2. The van der Waals surface area contributed by atoms with E-state index in [1.165, 1.54) is 24.1 Å². The lowest BCUT2D eigenvalue weighted by Gasteiger charge is -2.35. The number of nitrogens with zero attached hydrogens (tertiary/aromatic N) is 2. The third-order valence-electron chi connectivity index (χ3n) is 8.92. The van der Waals surface area contributed by atoms with Crippen LogP contribution in [-0.4, -0.2) is 58.0 Å². The molecule has 1 aliphatic carbocycles. The summed E-state index contributed by atoms with van der Waals surface area (Å²) < 4.78 is 40.9. The summed E-state index contributed by atoms with van der Waals surface area (Å²) >= 11 is 0. The van der Waals surface area contributed by atoms with E-state index in [0.29, 0.717) is 11.5 Å². The lowest BCUT2D eigenvalue weighted by atomic mass is 9.94. The Balaban J connectivity index is 1.60. The molecule has 0 saturated heterocycles. The van der Waals surface area contributed by atoms with Crippen molar-refractivity contribution >= 4 is 27.5 Å². The van der Waals surface area contributed by atoms with Crippen molar-refractivity contribution in [2.24, 2.45) is 0 Å². The average molecular weight is 684 g/mol.